The van der Waals surface area contributed by atoms with Gasteiger partial charge in [-0.25, -0.2) is 0 Å². The number of aliphatic hydroxyl groups is 1. The van der Waals surface area contributed by atoms with Gasteiger partial charge in [-0.15, -0.1) is 0 Å². The molecule has 2 N–H and O–H groups in total. The average molecular weight is 456 g/mol. The Bertz CT molecular complexity index is 799. The van der Waals surface area contributed by atoms with Gasteiger partial charge in [0.1, 0.15) is 36.6 Å². The van der Waals surface area contributed by atoms with Crippen LogP contribution in [0.25, 0.3) is 0 Å². The zero-order chi connectivity index (χ0) is 23.1. The molecule has 0 aromatic rings. The van der Waals surface area contributed by atoms with Crippen LogP contribution in [0.2, 0.25) is 0 Å². The number of aliphatic hydroxyl groups excluding tert-OH is 1. The van der Waals surface area contributed by atoms with E-state index in [2.05, 4.69) is 11.4 Å². The van der Waals surface area contributed by atoms with Crippen molar-refractivity contribution in [3.63, 3.8) is 0 Å². The lowest BCUT2D eigenvalue weighted by Gasteiger charge is -2.36. The van der Waals surface area contributed by atoms with Crippen LogP contribution in [0.4, 0.5) is 0 Å². The van der Waals surface area contributed by atoms with Crippen LogP contribution >= 0.6 is 0 Å². The number of nitriles is 1. The maximum atomic E-state index is 10.8. The monoisotopic (exact) mass is 456 g/mol. The molecular formula is C21H32N2O9. The van der Waals surface area contributed by atoms with E-state index in [1.54, 1.807) is 27.7 Å². The Morgan fingerprint density at radius 1 is 0.875 bits per heavy atom. The summed E-state index contributed by atoms with van der Waals surface area (Å²) in [6.45, 7) is 11.1. The van der Waals surface area contributed by atoms with Crippen LogP contribution in [0, 0.1) is 11.3 Å². The third kappa shape index (κ3) is 3.67. The van der Waals surface area contributed by atoms with Crippen molar-refractivity contribution in [3.05, 3.63) is 0 Å². The highest BCUT2D eigenvalue weighted by atomic mass is 16.8. The minimum Gasteiger partial charge on any atom is -0.387 e. The molecule has 5 saturated heterocycles. The van der Waals surface area contributed by atoms with Crippen molar-refractivity contribution < 1.29 is 43.0 Å². The van der Waals surface area contributed by atoms with Gasteiger partial charge in [-0.2, -0.15) is 5.26 Å². The summed E-state index contributed by atoms with van der Waals surface area (Å²) in [5, 5.41) is 24.4. The van der Waals surface area contributed by atoms with Crippen LogP contribution < -0.4 is 5.32 Å². The fraction of sp³-hybridized carbons (Fsp3) is 0.952. The Kier molecular flexibility index (Phi) is 5.21. The van der Waals surface area contributed by atoms with Gasteiger partial charge in [0.2, 0.25) is 0 Å². The minimum atomic E-state index is -1.32. The second-order valence-corrected chi connectivity index (χ2v) is 10.3. The number of fused-ring (bicyclic) bond motifs is 2. The van der Waals surface area contributed by atoms with Crippen molar-refractivity contribution in [1.29, 1.82) is 5.26 Å². The van der Waals surface area contributed by atoms with Crippen LogP contribution in [0.5, 0.6) is 0 Å². The number of hydrogen-bond acceptors (Lipinski definition) is 11. The molecule has 0 aromatic carbocycles. The first-order valence-electron chi connectivity index (χ1n) is 11.0. The molecule has 5 rings (SSSR count). The highest BCUT2D eigenvalue weighted by molar-refractivity contribution is 5.24. The standard InChI is InChI=1S/C21H32N2O9/c1-18(2)25-8-11(28-18)14-21(9-22,15-17(27-14)32-20(5,6)30-15)23-7-10-12(24)13-16(26-10)31-19(3,4)29-13/h10-17,23-24H,7-8H2,1-6H3/t10-,11?,12+,13-,14-,15+,16-,17-,21-/m1/s1. The number of ether oxygens (including phenoxy) is 8. The molecule has 0 spiro atoms. The largest absolute Gasteiger partial charge is 0.387 e. The van der Waals surface area contributed by atoms with E-state index >= 15 is 0 Å². The summed E-state index contributed by atoms with van der Waals surface area (Å²) in [6.07, 6.45) is -5.58. The van der Waals surface area contributed by atoms with Crippen LogP contribution in [-0.2, 0) is 37.9 Å². The topological polar surface area (TPSA) is 130 Å². The van der Waals surface area contributed by atoms with Gasteiger partial charge in [0.15, 0.2) is 35.5 Å². The van der Waals surface area contributed by atoms with Gasteiger partial charge in [0.05, 0.1) is 12.7 Å². The first-order valence-corrected chi connectivity index (χ1v) is 11.0. The molecule has 9 atom stereocenters. The van der Waals surface area contributed by atoms with Gasteiger partial charge >= 0.3 is 0 Å². The second-order valence-electron chi connectivity index (χ2n) is 10.3. The Balaban J connectivity index is 1.35. The van der Waals surface area contributed by atoms with Crippen LogP contribution in [0.15, 0.2) is 0 Å². The smallest absolute Gasteiger partial charge is 0.190 e. The maximum absolute atomic E-state index is 10.8. The number of nitrogens with zero attached hydrogens (tertiary/aromatic N) is 1. The van der Waals surface area contributed by atoms with E-state index in [-0.39, 0.29) is 13.2 Å². The van der Waals surface area contributed by atoms with Crippen molar-refractivity contribution in [2.24, 2.45) is 0 Å². The predicted octanol–water partition coefficient (Wildman–Crippen LogP) is 0.104. The maximum Gasteiger partial charge on any atom is 0.190 e. The number of hydrogen-bond donors (Lipinski definition) is 2. The SMILES string of the molecule is CC1(C)OCC([C@H]2O[C@@H]3OC(C)(C)O[C@@H]3[C@]2(C#N)NC[C@H]2O[C@@H]3OC(C)(C)O[C@@H]3[C@H]2O)O1. The van der Waals surface area contributed by atoms with Gasteiger partial charge in [0, 0.05) is 6.54 Å². The zero-order valence-electron chi connectivity index (χ0n) is 19.2. The molecule has 180 valence electrons. The molecule has 5 aliphatic rings. The summed E-state index contributed by atoms with van der Waals surface area (Å²) in [5.74, 6) is -2.53. The molecule has 0 saturated carbocycles. The van der Waals surface area contributed by atoms with E-state index in [0.29, 0.717) is 0 Å². The van der Waals surface area contributed by atoms with Crippen molar-refractivity contribution in [2.45, 2.75) is 114 Å². The molecule has 0 bridgehead atoms. The van der Waals surface area contributed by atoms with E-state index < -0.39 is 72.1 Å². The van der Waals surface area contributed by atoms with E-state index in [4.69, 9.17) is 37.9 Å². The normalized spacial score (nSPS) is 50.3. The van der Waals surface area contributed by atoms with Crippen molar-refractivity contribution in [3.8, 4) is 6.07 Å². The third-order valence-electron chi connectivity index (χ3n) is 6.50. The molecule has 5 aliphatic heterocycles. The number of rotatable bonds is 4. The molecule has 11 heteroatoms. The first kappa shape index (κ1) is 22.9. The number of nitrogens with one attached hydrogen (secondary N) is 1. The van der Waals surface area contributed by atoms with Crippen molar-refractivity contribution in [1.82, 2.24) is 5.32 Å². The zero-order valence-corrected chi connectivity index (χ0v) is 19.2. The molecule has 5 fully saturated rings. The molecule has 0 amide bonds. The molecule has 32 heavy (non-hydrogen) atoms. The molecule has 5 heterocycles. The van der Waals surface area contributed by atoms with Crippen LogP contribution in [0.3, 0.4) is 0 Å². The third-order valence-corrected chi connectivity index (χ3v) is 6.50. The summed E-state index contributed by atoms with van der Waals surface area (Å²) in [4.78, 5) is 0. The van der Waals surface area contributed by atoms with Gasteiger partial charge in [-0.1, -0.05) is 0 Å². The molecular weight excluding hydrogens is 424 g/mol. The highest BCUT2D eigenvalue weighted by Gasteiger charge is 2.67. The fourth-order valence-electron chi connectivity index (χ4n) is 5.16. The Morgan fingerprint density at radius 3 is 2.19 bits per heavy atom. The van der Waals surface area contributed by atoms with Gasteiger partial charge in [-0.3, -0.25) is 5.32 Å². The Morgan fingerprint density at radius 2 is 1.56 bits per heavy atom. The van der Waals surface area contributed by atoms with Gasteiger partial charge in [-0.05, 0) is 41.5 Å². The Hall–Kier alpha value is -0.910. The minimum absolute atomic E-state index is 0.138. The van der Waals surface area contributed by atoms with Crippen molar-refractivity contribution in [2.75, 3.05) is 13.2 Å². The van der Waals surface area contributed by atoms with Gasteiger partial charge in [0.25, 0.3) is 0 Å². The lowest BCUT2D eigenvalue weighted by Crippen LogP contribution is -2.63. The second kappa shape index (κ2) is 7.29. The van der Waals surface area contributed by atoms with E-state index in [0.717, 1.165) is 0 Å². The van der Waals surface area contributed by atoms with Crippen LogP contribution in [-0.4, -0.2) is 90.4 Å². The summed E-state index contributed by atoms with van der Waals surface area (Å²) >= 11 is 0. The fourth-order valence-corrected chi connectivity index (χ4v) is 5.16. The molecule has 1 unspecified atom stereocenters. The predicted molar refractivity (Wildman–Crippen MR) is 105 cm³/mol. The quantitative estimate of drug-likeness (QED) is 0.597. The summed E-state index contributed by atoms with van der Waals surface area (Å²) in [6, 6.07) is 2.37. The lowest BCUT2D eigenvalue weighted by molar-refractivity contribution is -0.229. The summed E-state index contributed by atoms with van der Waals surface area (Å²) < 4.78 is 47.2. The first-order chi connectivity index (χ1) is 14.8. The van der Waals surface area contributed by atoms with Crippen molar-refractivity contribution >= 4 is 0 Å². The molecule has 0 aliphatic carbocycles. The van der Waals surface area contributed by atoms with E-state index in [1.807, 2.05) is 13.8 Å². The van der Waals surface area contributed by atoms with E-state index in [1.165, 1.54) is 0 Å². The molecule has 0 aromatic heterocycles. The summed E-state index contributed by atoms with van der Waals surface area (Å²) in [5.41, 5.74) is -1.32. The lowest BCUT2D eigenvalue weighted by atomic mass is 9.86. The van der Waals surface area contributed by atoms with E-state index in [9.17, 15) is 10.4 Å². The summed E-state index contributed by atoms with van der Waals surface area (Å²) in [7, 11) is 0. The van der Waals surface area contributed by atoms with Crippen LogP contribution in [0.1, 0.15) is 41.5 Å². The van der Waals surface area contributed by atoms with Gasteiger partial charge < -0.3 is 43.0 Å². The Labute approximate surface area is 187 Å². The molecule has 0 radical (unpaired) electrons. The average Bonchev–Trinajstić information content (AvgIpc) is 3.41. The molecule has 11 nitrogen and oxygen atoms in total. The highest BCUT2D eigenvalue weighted by Crippen LogP contribution is 2.46.